The lowest BCUT2D eigenvalue weighted by Crippen LogP contribution is -2.31. The van der Waals surface area contributed by atoms with Crippen LogP contribution in [0.2, 0.25) is 0 Å². The molecular weight excluding hydrogens is 356 g/mol. The van der Waals surface area contributed by atoms with Crippen LogP contribution in [0.4, 0.5) is 0 Å². The van der Waals surface area contributed by atoms with E-state index in [-0.39, 0.29) is 24.6 Å². The number of para-hydroxylation sites is 2. The Morgan fingerprint density at radius 1 is 1.07 bits per heavy atom. The number of carbonyl (C=O) groups is 1. The highest BCUT2D eigenvalue weighted by molar-refractivity contribution is 5.76. The van der Waals surface area contributed by atoms with Gasteiger partial charge in [0.05, 0.1) is 17.6 Å². The number of Topliss-reactive ketones (excluding diaryl/α,β-unsaturated/α-hetero) is 1. The van der Waals surface area contributed by atoms with Crippen molar-refractivity contribution in [3.05, 3.63) is 64.6 Å². The fraction of sp³-hybridized carbons (Fsp3) is 0.364. The number of hydrogen-bond acceptors (Lipinski definition) is 4. The zero-order valence-electron chi connectivity index (χ0n) is 16.3. The molecule has 1 N–H and O–H groups in total. The smallest absolute Gasteiger partial charge is 0.329 e. The minimum atomic E-state index is -0.814. The fourth-order valence-electron chi connectivity index (χ4n) is 3.28. The van der Waals surface area contributed by atoms with E-state index in [1.165, 1.54) is 0 Å². The van der Waals surface area contributed by atoms with Crippen LogP contribution in [0.25, 0.3) is 11.0 Å². The molecule has 1 unspecified atom stereocenters. The average Bonchev–Trinajstić information content (AvgIpc) is 2.96. The molecule has 0 spiro atoms. The molecule has 6 nitrogen and oxygen atoms in total. The zero-order chi connectivity index (χ0) is 20.1. The molecule has 0 saturated carbocycles. The monoisotopic (exact) mass is 382 g/mol. The molecule has 0 aliphatic carbocycles. The number of ether oxygens (including phenoxy) is 1. The minimum absolute atomic E-state index is 0.0882. The summed E-state index contributed by atoms with van der Waals surface area (Å²) in [5.41, 5.74) is 2.62. The molecule has 3 aromatic rings. The number of aromatic nitrogens is 2. The Morgan fingerprint density at radius 2 is 1.71 bits per heavy atom. The maximum atomic E-state index is 12.6. The van der Waals surface area contributed by atoms with Gasteiger partial charge >= 0.3 is 5.69 Å². The highest BCUT2D eigenvalue weighted by Crippen LogP contribution is 2.15. The molecule has 0 saturated heterocycles. The van der Waals surface area contributed by atoms with Crippen molar-refractivity contribution in [1.82, 2.24) is 9.13 Å². The second-order valence-electron chi connectivity index (χ2n) is 6.94. The van der Waals surface area contributed by atoms with E-state index in [2.05, 4.69) is 0 Å². The van der Waals surface area contributed by atoms with Crippen molar-refractivity contribution in [3.63, 3.8) is 0 Å². The number of fused-ring (bicyclic) bond motifs is 1. The molecule has 28 heavy (non-hydrogen) atoms. The topological polar surface area (TPSA) is 73.5 Å². The number of carbonyl (C=O) groups excluding carboxylic acids is 1. The van der Waals surface area contributed by atoms with Crippen LogP contribution < -0.4 is 10.4 Å². The number of imidazole rings is 1. The second kappa shape index (κ2) is 8.89. The van der Waals surface area contributed by atoms with Crippen molar-refractivity contribution in [3.8, 4) is 5.75 Å². The summed E-state index contributed by atoms with van der Waals surface area (Å²) in [7, 11) is 0. The number of nitrogens with zero attached hydrogens (tertiary/aromatic N) is 2. The van der Waals surface area contributed by atoms with Crippen LogP contribution in [0.15, 0.2) is 53.3 Å². The van der Waals surface area contributed by atoms with Gasteiger partial charge in [0.25, 0.3) is 0 Å². The largest absolute Gasteiger partial charge is 0.491 e. The molecule has 0 fully saturated rings. The van der Waals surface area contributed by atoms with Gasteiger partial charge in [-0.2, -0.15) is 0 Å². The summed E-state index contributed by atoms with van der Waals surface area (Å²) in [6.07, 6.45) is 0.424. The highest BCUT2D eigenvalue weighted by Gasteiger charge is 2.15. The molecule has 148 valence electrons. The van der Waals surface area contributed by atoms with Crippen LogP contribution in [0.1, 0.15) is 25.8 Å². The summed E-state index contributed by atoms with van der Waals surface area (Å²) >= 11 is 0. The zero-order valence-corrected chi connectivity index (χ0v) is 16.3. The third-order valence-electron chi connectivity index (χ3n) is 4.77. The number of ketones is 1. The van der Waals surface area contributed by atoms with Gasteiger partial charge in [-0.25, -0.2) is 4.79 Å². The molecule has 0 radical (unpaired) electrons. The van der Waals surface area contributed by atoms with E-state index >= 15 is 0 Å². The number of benzene rings is 2. The molecule has 3 rings (SSSR count). The Kier molecular flexibility index (Phi) is 6.31. The van der Waals surface area contributed by atoms with Crippen LogP contribution in [-0.2, 0) is 24.3 Å². The van der Waals surface area contributed by atoms with Crippen LogP contribution in [0.5, 0.6) is 5.75 Å². The van der Waals surface area contributed by atoms with Crippen molar-refractivity contribution in [2.24, 2.45) is 0 Å². The van der Waals surface area contributed by atoms with Gasteiger partial charge in [-0.05, 0) is 50.1 Å². The van der Waals surface area contributed by atoms with Gasteiger partial charge in [0.15, 0.2) is 0 Å². The molecule has 0 aliphatic rings. The van der Waals surface area contributed by atoms with Crippen LogP contribution in [-0.4, -0.2) is 32.7 Å². The second-order valence-corrected chi connectivity index (χ2v) is 6.94. The summed E-state index contributed by atoms with van der Waals surface area (Å²) in [5.74, 6) is 0.817. The number of aliphatic hydroxyl groups is 1. The van der Waals surface area contributed by atoms with E-state index in [0.29, 0.717) is 25.1 Å². The van der Waals surface area contributed by atoms with Crippen molar-refractivity contribution in [2.45, 2.75) is 45.9 Å². The van der Waals surface area contributed by atoms with Gasteiger partial charge in [0, 0.05) is 13.0 Å². The van der Waals surface area contributed by atoms with Gasteiger partial charge in [0.1, 0.15) is 24.2 Å². The molecule has 1 aromatic heterocycles. The summed E-state index contributed by atoms with van der Waals surface area (Å²) in [6, 6.07) is 15.1. The molecule has 2 aromatic carbocycles. The van der Waals surface area contributed by atoms with E-state index in [1.807, 2.05) is 55.5 Å². The first kappa shape index (κ1) is 19.9. The van der Waals surface area contributed by atoms with E-state index < -0.39 is 6.10 Å². The average molecular weight is 382 g/mol. The Morgan fingerprint density at radius 3 is 2.32 bits per heavy atom. The maximum absolute atomic E-state index is 12.6. The molecule has 0 bridgehead atoms. The van der Waals surface area contributed by atoms with Gasteiger partial charge in [-0.1, -0.05) is 24.3 Å². The lowest BCUT2D eigenvalue weighted by atomic mass is 10.1. The molecule has 1 heterocycles. The lowest BCUT2D eigenvalue weighted by Gasteiger charge is -2.13. The van der Waals surface area contributed by atoms with Gasteiger partial charge in [-0.3, -0.25) is 9.13 Å². The van der Waals surface area contributed by atoms with Crippen LogP contribution >= 0.6 is 0 Å². The van der Waals surface area contributed by atoms with Gasteiger partial charge in [-0.15, -0.1) is 0 Å². The SMILES string of the molecule is CCn1c(=O)n(CC(O)COc2ccc(CCC(C)=O)cc2)c2ccccc21. The Labute approximate surface area is 164 Å². The number of aryl methyl sites for hydroxylation is 2. The number of rotatable bonds is 9. The van der Waals surface area contributed by atoms with Crippen molar-refractivity contribution < 1.29 is 14.6 Å². The van der Waals surface area contributed by atoms with Crippen LogP contribution in [0.3, 0.4) is 0 Å². The van der Waals surface area contributed by atoms with Crippen molar-refractivity contribution >= 4 is 16.8 Å². The molecule has 1 atom stereocenters. The van der Waals surface area contributed by atoms with Crippen molar-refractivity contribution in [2.75, 3.05) is 6.61 Å². The third-order valence-corrected chi connectivity index (χ3v) is 4.77. The molecular formula is C22H26N2O4. The number of aliphatic hydroxyl groups excluding tert-OH is 1. The van der Waals surface area contributed by atoms with E-state index in [9.17, 15) is 14.7 Å². The summed E-state index contributed by atoms with van der Waals surface area (Å²) in [5, 5.41) is 10.4. The fourth-order valence-corrected chi connectivity index (χ4v) is 3.28. The first-order chi connectivity index (χ1) is 13.5. The standard InChI is InChI=1S/C22H26N2O4/c1-3-23-20-6-4-5-7-21(20)24(22(23)27)14-18(26)15-28-19-12-10-17(11-13-19)9-8-16(2)25/h4-7,10-13,18,26H,3,8-9,14-15H2,1-2H3. The predicted molar refractivity (Wildman–Crippen MR) is 109 cm³/mol. The Hall–Kier alpha value is -2.86. The normalized spacial score (nSPS) is 12.2. The van der Waals surface area contributed by atoms with Gasteiger partial charge < -0.3 is 14.6 Å². The van der Waals surface area contributed by atoms with E-state index in [4.69, 9.17) is 4.74 Å². The highest BCUT2D eigenvalue weighted by atomic mass is 16.5. The first-order valence-electron chi connectivity index (χ1n) is 9.57. The summed E-state index contributed by atoms with van der Waals surface area (Å²) in [6.45, 7) is 4.35. The summed E-state index contributed by atoms with van der Waals surface area (Å²) in [4.78, 5) is 23.7. The van der Waals surface area contributed by atoms with Gasteiger partial charge in [0.2, 0.25) is 0 Å². The quantitative estimate of drug-likeness (QED) is 0.618. The number of hydrogen-bond donors (Lipinski definition) is 1. The van der Waals surface area contributed by atoms with E-state index in [0.717, 1.165) is 16.6 Å². The van der Waals surface area contributed by atoms with Crippen molar-refractivity contribution in [1.29, 1.82) is 0 Å². The van der Waals surface area contributed by atoms with Crippen LogP contribution in [0, 0.1) is 0 Å². The molecule has 0 aliphatic heterocycles. The molecule has 0 amide bonds. The molecule has 6 heteroatoms. The predicted octanol–water partition coefficient (Wildman–Crippen LogP) is 2.78. The lowest BCUT2D eigenvalue weighted by molar-refractivity contribution is -0.116. The third kappa shape index (κ3) is 4.51. The maximum Gasteiger partial charge on any atom is 0.329 e. The Balaban J connectivity index is 1.63. The summed E-state index contributed by atoms with van der Waals surface area (Å²) < 4.78 is 8.96. The van der Waals surface area contributed by atoms with E-state index in [1.54, 1.807) is 16.1 Å². The minimum Gasteiger partial charge on any atom is -0.491 e. The Bertz CT molecular complexity index is 1000. The first-order valence-corrected chi connectivity index (χ1v) is 9.57.